The molecule has 8 heteroatoms. The summed E-state index contributed by atoms with van der Waals surface area (Å²) in [5.41, 5.74) is 0.965. The number of carbonyl (C=O) groups is 1. The number of benzene rings is 3. The average Bonchev–Trinajstić information content (AvgIpc) is 2.83. The topological polar surface area (TPSA) is 99.0 Å². The number of hydrogen-bond donors (Lipinski definition) is 4. The molecule has 6 nitrogen and oxygen atoms in total. The molecule has 0 radical (unpaired) electrons. The van der Waals surface area contributed by atoms with E-state index in [1.165, 1.54) is 30.3 Å². The number of aliphatic hydroxyl groups is 1. The van der Waals surface area contributed by atoms with Crippen molar-refractivity contribution in [2.45, 2.75) is 31.4 Å². The Morgan fingerprint density at radius 3 is 2.38 bits per heavy atom. The van der Waals surface area contributed by atoms with Crippen LogP contribution in [0.1, 0.15) is 40.1 Å². The number of hydrogen-bond acceptors (Lipinski definition) is 5. The third-order valence-corrected chi connectivity index (χ3v) is 5.38. The minimum Gasteiger partial charge on any atom is -0.507 e. The summed E-state index contributed by atoms with van der Waals surface area (Å²) in [5, 5.41) is 32.2. The van der Waals surface area contributed by atoms with Gasteiger partial charge in [0, 0.05) is 18.2 Å². The van der Waals surface area contributed by atoms with Crippen molar-refractivity contribution < 1.29 is 33.6 Å². The number of phenols is 1. The number of rotatable bonds is 11. The Labute approximate surface area is 196 Å². The lowest BCUT2D eigenvalue weighted by atomic mass is 10.0. The molecule has 0 fully saturated rings. The Morgan fingerprint density at radius 1 is 1.06 bits per heavy atom. The van der Waals surface area contributed by atoms with Gasteiger partial charge in [-0.15, -0.1) is 0 Å². The average molecular weight is 472 g/mol. The third kappa shape index (κ3) is 6.76. The highest BCUT2D eigenvalue weighted by atomic mass is 19.3. The fraction of sp³-hybridized carbons (Fsp3) is 0.269. The Morgan fingerprint density at radius 2 is 1.74 bits per heavy atom. The maximum atomic E-state index is 14.3. The van der Waals surface area contributed by atoms with E-state index in [4.69, 9.17) is 9.84 Å². The van der Waals surface area contributed by atoms with Gasteiger partial charge in [-0.1, -0.05) is 48.5 Å². The van der Waals surface area contributed by atoms with Crippen molar-refractivity contribution in [3.8, 4) is 11.5 Å². The van der Waals surface area contributed by atoms with E-state index in [9.17, 15) is 23.8 Å². The molecule has 180 valence electrons. The van der Waals surface area contributed by atoms with Crippen LogP contribution in [0.4, 0.5) is 8.78 Å². The van der Waals surface area contributed by atoms with Gasteiger partial charge in [-0.25, -0.2) is 4.79 Å². The molecule has 0 spiro atoms. The molecule has 0 heterocycles. The number of aromatic hydroxyl groups is 1. The normalized spacial score (nSPS) is 13.3. The van der Waals surface area contributed by atoms with Crippen LogP contribution in [0.25, 0.3) is 0 Å². The number of nitrogens with one attached hydrogen (secondary N) is 1. The van der Waals surface area contributed by atoms with E-state index < -0.39 is 24.6 Å². The molecule has 1 unspecified atom stereocenters. The molecule has 2 atom stereocenters. The van der Waals surface area contributed by atoms with Crippen molar-refractivity contribution in [2.24, 2.45) is 0 Å². The number of halogens is 2. The highest BCUT2D eigenvalue weighted by Gasteiger charge is 2.32. The second-order valence-electron chi connectivity index (χ2n) is 8.11. The summed E-state index contributed by atoms with van der Waals surface area (Å²) in [5.74, 6) is -4.39. The van der Waals surface area contributed by atoms with Crippen molar-refractivity contribution in [1.82, 2.24) is 5.32 Å². The molecule has 0 amide bonds. The van der Waals surface area contributed by atoms with Crippen LogP contribution in [0, 0.1) is 0 Å². The Balaban J connectivity index is 1.48. The summed E-state index contributed by atoms with van der Waals surface area (Å²) >= 11 is 0. The van der Waals surface area contributed by atoms with Crippen molar-refractivity contribution in [3.63, 3.8) is 0 Å². The number of aromatic carboxylic acids is 1. The van der Waals surface area contributed by atoms with Crippen molar-refractivity contribution >= 4 is 5.97 Å². The van der Waals surface area contributed by atoms with E-state index in [1.54, 1.807) is 42.5 Å². The highest BCUT2D eigenvalue weighted by molar-refractivity contribution is 5.90. The Kier molecular flexibility index (Phi) is 8.20. The predicted octanol–water partition coefficient (Wildman–Crippen LogP) is 4.52. The van der Waals surface area contributed by atoms with Crippen LogP contribution in [-0.4, -0.2) is 40.5 Å². The second-order valence-corrected chi connectivity index (χ2v) is 8.11. The first-order valence-corrected chi connectivity index (χ1v) is 10.8. The molecule has 0 aliphatic rings. The first-order chi connectivity index (χ1) is 16.2. The van der Waals surface area contributed by atoms with Gasteiger partial charge in [-0.2, -0.15) is 8.78 Å². The van der Waals surface area contributed by atoms with Gasteiger partial charge in [0.25, 0.3) is 0 Å². The zero-order chi connectivity index (χ0) is 24.7. The summed E-state index contributed by atoms with van der Waals surface area (Å²) in [4.78, 5) is 11.1. The molecule has 0 saturated heterocycles. The van der Waals surface area contributed by atoms with Crippen LogP contribution < -0.4 is 10.1 Å². The van der Waals surface area contributed by atoms with E-state index in [0.717, 1.165) is 5.56 Å². The highest BCUT2D eigenvalue weighted by Crippen LogP contribution is 2.29. The number of carboxylic acid groups (broad SMARTS) is 1. The second kappa shape index (κ2) is 11.1. The quantitative estimate of drug-likeness (QED) is 0.328. The standard InChI is InChI=1S/C26H27F2NO5/c1-17(29-15-24(31)19-9-12-23(30)22(14-19)25(32)33)13-18-7-10-21(11-8-18)34-16-26(27,28)20-5-3-2-4-6-20/h2-12,14,17,24,29-31H,13,15-16H2,1H3,(H,32,33)/t17?,24-/m1/s1. The summed E-state index contributed by atoms with van der Waals surface area (Å²) < 4.78 is 33.8. The molecular weight excluding hydrogens is 444 g/mol. The first kappa shape index (κ1) is 25.1. The lowest BCUT2D eigenvalue weighted by Gasteiger charge is -2.19. The molecule has 3 aromatic rings. The molecule has 0 aromatic heterocycles. The number of alkyl halides is 2. The zero-order valence-electron chi connectivity index (χ0n) is 18.6. The zero-order valence-corrected chi connectivity index (χ0v) is 18.6. The smallest absolute Gasteiger partial charge is 0.339 e. The maximum Gasteiger partial charge on any atom is 0.339 e. The van der Waals surface area contributed by atoms with Gasteiger partial charge in [0.15, 0.2) is 6.61 Å². The third-order valence-electron chi connectivity index (χ3n) is 5.38. The maximum absolute atomic E-state index is 14.3. The lowest BCUT2D eigenvalue weighted by Crippen LogP contribution is -2.32. The van der Waals surface area contributed by atoms with Crippen LogP contribution in [0.5, 0.6) is 11.5 Å². The number of aliphatic hydroxyl groups excluding tert-OH is 1. The van der Waals surface area contributed by atoms with Gasteiger partial charge in [0.2, 0.25) is 0 Å². The van der Waals surface area contributed by atoms with E-state index in [0.29, 0.717) is 17.7 Å². The molecule has 0 aliphatic carbocycles. The molecule has 0 bridgehead atoms. The predicted molar refractivity (Wildman–Crippen MR) is 123 cm³/mol. The van der Waals surface area contributed by atoms with Crippen LogP contribution >= 0.6 is 0 Å². The molecule has 0 aliphatic heterocycles. The summed E-state index contributed by atoms with van der Waals surface area (Å²) in [7, 11) is 0. The van der Waals surface area contributed by atoms with E-state index in [-0.39, 0.29) is 29.5 Å². The Bertz CT molecular complexity index is 1090. The Hall–Kier alpha value is -3.49. The number of ether oxygens (including phenoxy) is 1. The van der Waals surface area contributed by atoms with E-state index in [1.807, 2.05) is 6.92 Å². The molecule has 0 saturated carbocycles. The van der Waals surface area contributed by atoms with E-state index in [2.05, 4.69) is 5.32 Å². The van der Waals surface area contributed by atoms with Crippen molar-refractivity contribution in [1.29, 1.82) is 0 Å². The molecule has 3 aromatic carbocycles. The summed E-state index contributed by atoms with van der Waals surface area (Å²) in [6.07, 6.45) is -0.341. The number of carboxylic acids is 1. The van der Waals surface area contributed by atoms with Gasteiger partial charge >= 0.3 is 11.9 Å². The fourth-order valence-corrected chi connectivity index (χ4v) is 3.45. The van der Waals surface area contributed by atoms with Crippen molar-refractivity contribution in [2.75, 3.05) is 13.2 Å². The molecule has 3 rings (SSSR count). The molecule has 4 N–H and O–H groups in total. The monoisotopic (exact) mass is 471 g/mol. The van der Waals surface area contributed by atoms with Crippen LogP contribution in [0.15, 0.2) is 72.8 Å². The van der Waals surface area contributed by atoms with Gasteiger partial charge in [0.1, 0.15) is 17.1 Å². The fourth-order valence-electron chi connectivity index (χ4n) is 3.45. The molecule has 34 heavy (non-hydrogen) atoms. The van der Waals surface area contributed by atoms with Crippen LogP contribution in [0.3, 0.4) is 0 Å². The largest absolute Gasteiger partial charge is 0.507 e. The van der Waals surface area contributed by atoms with Crippen molar-refractivity contribution in [3.05, 3.63) is 95.1 Å². The van der Waals surface area contributed by atoms with Gasteiger partial charge in [0.05, 0.1) is 6.10 Å². The first-order valence-electron chi connectivity index (χ1n) is 10.8. The van der Waals surface area contributed by atoms with Gasteiger partial charge < -0.3 is 25.4 Å². The SMILES string of the molecule is CC(Cc1ccc(OCC(F)(F)c2ccccc2)cc1)NC[C@@H](O)c1ccc(O)c(C(=O)O)c1. The van der Waals surface area contributed by atoms with Crippen LogP contribution in [-0.2, 0) is 12.3 Å². The minimum absolute atomic E-state index is 0.0279. The molecular formula is C26H27F2NO5. The van der Waals surface area contributed by atoms with E-state index >= 15 is 0 Å². The van der Waals surface area contributed by atoms with Gasteiger partial charge in [-0.3, -0.25) is 0 Å². The van der Waals surface area contributed by atoms with Crippen LogP contribution in [0.2, 0.25) is 0 Å². The van der Waals surface area contributed by atoms with Gasteiger partial charge in [-0.05, 0) is 48.7 Å². The summed E-state index contributed by atoms with van der Waals surface area (Å²) in [6, 6.07) is 18.3. The summed E-state index contributed by atoms with van der Waals surface area (Å²) in [6.45, 7) is 1.35. The minimum atomic E-state index is -3.10. The lowest BCUT2D eigenvalue weighted by molar-refractivity contribution is -0.0467.